The fourth-order valence-corrected chi connectivity index (χ4v) is 5.26. The summed E-state index contributed by atoms with van der Waals surface area (Å²) in [5, 5.41) is 9.92. The molecule has 2 aliphatic rings. The van der Waals surface area contributed by atoms with Crippen molar-refractivity contribution in [3.05, 3.63) is 59.2 Å². The van der Waals surface area contributed by atoms with Crippen molar-refractivity contribution < 1.29 is 9.90 Å². The molecule has 2 fully saturated rings. The molecule has 3 nitrogen and oxygen atoms in total. The van der Waals surface area contributed by atoms with Gasteiger partial charge in [0, 0.05) is 12.6 Å². The molecule has 0 bridgehead atoms. The van der Waals surface area contributed by atoms with E-state index in [4.69, 9.17) is 0 Å². The van der Waals surface area contributed by atoms with Crippen molar-refractivity contribution in [1.82, 2.24) is 4.90 Å². The van der Waals surface area contributed by atoms with E-state index in [0.717, 1.165) is 25.1 Å². The Hall–Kier alpha value is -2.13. The van der Waals surface area contributed by atoms with E-state index in [1.54, 1.807) is 0 Å². The Morgan fingerprint density at radius 3 is 2.43 bits per heavy atom. The second-order valence-electron chi connectivity index (χ2n) is 8.48. The van der Waals surface area contributed by atoms with Crippen molar-refractivity contribution in [1.29, 1.82) is 0 Å². The van der Waals surface area contributed by atoms with Gasteiger partial charge in [-0.3, -0.25) is 0 Å². The zero-order valence-electron chi connectivity index (χ0n) is 16.9. The van der Waals surface area contributed by atoms with E-state index in [-0.39, 0.29) is 0 Å². The van der Waals surface area contributed by atoms with Crippen molar-refractivity contribution in [2.75, 3.05) is 13.1 Å². The first kappa shape index (κ1) is 19.2. The van der Waals surface area contributed by atoms with E-state index in [1.807, 2.05) is 12.1 Å². The highest BCUT2D eigenvalue weighted by Crippen LogP contribution is 2.42. The number of likely N-dealkylation sites (tertiary alicyclic amines) is 1. The number of nitrogens with zero attached hydrogens (tertiary/aromatic N) is 1. The summed E-state index contributed by atoms with van der Waals surface area (Å²) in [6.07, 6.45) is 8.19. The summed E-state index contributed by atoms with van der Waals surface area (Å²) < 4.78 is 0. The second-order valence-corrected chi connectivity index (χ2v) is 8.48. The Balaban J connectivity index is 1.78. The van der Waals surface area contributed by atoms with Crippen LogP contribution in [0.3, 0.4) is 0 Å². The van der Waals surface area contributed by atoms with Gasteiger partial charge in [0.15, 0.2) is 0 Å². The van der Waals surface area contributed by atoms with Crippen LogP contribution < -0.4 is 0 Å². The molecule has 1 aliphatic carbocycles. The lowest BCUT2D eigenvalue weighted by atomic mass is 9.82. The second kappa shape index (κ2) is 8.48. The number of benzene rings is 2. The Labute approximate surface area is 168 Å². The molecule has 4 rings (SSSR count). The fourth-order valence-electron chi connectivity index (χ4n) is 5.26. The summed E-state index contributed by atoms with van der Waals surface area (Å²) in [5.74, 6) is -0.302. The minimum Gasteiger partial charge on any atom is -0.478 e. The first-order valence-corrected chi connectivity index (χ1v) is 10.8. The van der Waals surface area contributed by atoms with Gasteiger partial charge in [0.05, 0.1) is 5.56 Å². The van der Waals surface area contributed by atoms with Crippen molar-refractivity contribution in [3.8, 4) is 11.1 Å². The number of carbonyl (C=O) groups is 1. The van der Waals surface area contributed by atoms with E-state index in [0.29, 0.717) is 17.5 Å². The summed E-state index contributed by atoms with van der Waals surface area (Å²) in [6.45, 7) is 4.39. The largest absolute Gasteiger partial charge is 0.478 e. The molecular formula is C25H31NO2. The fraction of sp³-hybridized carbons (Fsp3) is 0.480. The van der Waals surface area contributed by atoms with Crippen LogP contribution in [0, 0.1) is 0 Å². The Morgan fingerprint density at radius 1 is 1.04 bits per heavy atom. The summed E-state index contributed by atoms with van der Waals surface area (Å²) in [6, 6.07) is 15.0. The normalized spacial score (nSPS) is 20.7. The van der Waals surface area contributed by atoms with Gasteiger partial charge in [-0.15, -0.1) is 0 Å². The minimum absolute atomic E-state index is 0.487. The van der Waals surface area contributed by atoms with Crippen LogP contribution in [-0.2, 0) is 6.42 Å². The van der Waals surface area contributed by atoms with Crippen LogP contribution in [0.15, 0.2) is 42.5 Å². The maximum absolute atomic E-state index is 12.1. The SMILES string of the molecule is C[C@@H]1CCCN1CCc1c(C(=O)O)ccc(-c2ccccc2)c1C1CCCC1. The predicted molar refractivity (Wildman–Crippen MR) is 114 cm³/mol. The Kier molecular flexibility index (Phi) is 5.82. The van der Waals surface area contributed by atoms with E-state index in [9.17, 15) is 9.90 Å². The molecule has 1 atom stereocenters. The molecule has 0 spiro atoms. The first-order chi connectivity index (χ1) is 13.6. The third kappa shape index (κ3) is 3.86. The molecule has 3 heteroatoms. The zero-order chi connectivity index (χ0) is 19.5. The minimum atomic E-state index is -0.789. The van der Waals surface area contributed by atoms with Gasteiger partial charge in [0.25, 0.3) is 0 Å². The topological polar surface area (TPSA) is 40.5 Å². The highest BCUT2D eigenvalue weighted by atomic mass is 16.4. The molecular weight excluding hydrogens is 346 g/mol. The van der Waals surface area contributed by atoms with E-state index < -0.39 is 5.97 Å². The van der Waals surface area contributed by atoms with Crippen LogP contribution in [0.4, 0.5) is 0 Å². The average molecular weight is 378 g/mol. The number of carboxylic acid groups (broad SMARTS) is 1. The van der Waals surface area contributed by atoms with Gasteiger partial charge in [-0.05, 0) is 79.8 Å². The molecule has 2 aromatic carbocycles. The monoisotopic (exact) mass is 377 g/mol. The Bertz CT molecular complexity index is 824. The van der Waals surface area contributed by atoms with Gasteiger partial charge < -0.3 is 10.0 Å². The maximum Gasteiger partial charge on any atom is 0.335 e. The van der Waals surface area contributed by atoms with Crippen molar-refractivity contribution >= 4 is 5.97 Å². The number of rotatable bonds is 6. The predicted octanol–water partition coefficient (Wildman–Crippen LogP) is 5.74. The number of hydrogen-bond acceptors (Lipinski definition) is 2. The van der Waals surface area contributed by atoms with E-state index >= 15 is 0 Å². The summed E-state index contributed by atoms with van der Waals surface area (Å²) in [5.41, 5.74) is 5.35. The lowest BCUT2D eigenvalue weighted by Gasteiger charge is -2.25. The standard InChI is InChI=1S/C25H31NO2/c1-18-8-7-16-26(18)17-15-22-23(25(27)28)14-13-21(19-9-3-2-4-10-19)24(22)20-11-5-6-12-20/h2-4,9-10,13-14,18,20H,5-8,11-12,15-17H2,1H3,(H,27,28)/t18-/m1/s1. The number of carboxylic acids is 1. The quantitative estimate of drug-likeness (QED) is 0.698. The van der Waals surface area contributed by atoms with Gasteiger partial charge in [-0.2, -0.15) is 0 Å². The average Bonchev–Trinajstić information content (AvgIpc) is 3.38. The maximum atomic E-state index is 12.1. The van der Waals surface area contributed by atoms with Gasteiger partial charge in [-0.25, -0.2) is 4.79 Å². The molecule has 0 amide bonds. The molecule has 148 valence electrons. The van der Waals surface area contributed by atoms with Crippen molar-refractivity contribution in [3.63, 3.8) is 0 Å². The van der Waals surface area contributed by atoms with Crippen LogP contribution >= 0.6 is 0 Å². The van der Waals surface area contributed by atoms with Crippen molar-refractivity contribution in [2.45, 2.75) is 63.8 Å². The number of hydrogen-bond donors (Lipinski definition) is 1. The molecule has 0 aromatic heterocycles. The highest BCUT2D eigenvalue weighted by Gasteiger charge is 2.28. The van der Waals surface area contributed by atoms with Gasteiger partial charge in [0.2, 0.25) is 0 Å². The molecule has 1 aliphatic heterocycles. The van der Waals surface area contributed by atoms with E-state index in [1.165, 1.54) is 55.2 Å². The van der Waals surface area contributed by atoms with Crippen LogP contribution in [0.2, 0.25) is 0 Å². The molecule has 2 aromatic rings. The first-order valence-electron chi connectivity index (χ1n) is 10.8. The molecule has 1 N–H and O–H groups in total. The van der Waals surface area contributed by atoms with Crippen LogP contribution in [0.5, 0.6) is 0 Å². The van der Waals surface area contributed by atoms with Crippen molar-refractivity contribution in [2.24, 2.45) is 0 Å². The number of aromatic carboxylic acids is 1. The molecule has 1 saturated carbocycles. The van der Waals surface area contributed by atoms with Crippen LogP contribution in [-0.4, -0.2) is 35.1 Å². The van der Waals surface area contributed by atoms with Gasteiger partial charge in [-0.1, -0.05) is 49.2 Å². The summed E-state index contributed by atoms with van der Waals surface area (Å²) in [4.78, 5) is 14.6. The molecule has 0 unspecified atom stereocenters. The third-order valence-corrected chi connectivity index (χ3v) is 6.78. The van der Waals surface area contributed by atoms with E-state index in [2.05, 4.69) is 42.2 Å². The van der Waals surface area contributed by atoms with Crippen LogP contribution in [0.25, 0.3) is 11.1 Å². The van der Waals surface area contributed by atoms with Gasteiger partial charge >= 0.3 is 5.97 Å². The van der Waals surface area contributed by atoms with Gasteiger partial charge in [0.1, 0.15) is 0 Å². The summed E-state index contributed by atoms with van der Waals surface area (Å²) in [7, 11) is 0. The zero-order valence-corrected chi connectivity index (χ0v) is 16.9. The lowest BCUT2D eigenvalue weighted by Crippen LogP contribution is -2.29. The Morgan fingerprint density at radius 2 is 1.79 bits per heavy atom. The summed E-state index contributed by atoms with van der Waals surface area (Å²) >= 11 is 0. The van der Waals surface area contributed by atoms with Crippen LogP contribution in [0.1, 0.15) is 72.9 Å². The molecule has 28 heavy (non-hydrogen) atoms. The molecule has 1 saturated heterocycles. The molecule has 0 radical (unpaired) electrons. The highest BCUT2D eigenvalue weighted by molar-refractivity contribution is 5.91. The lowest BCUT2D eigenvalue weighted by molar-refractivity contribution is 0.0695. The third-order valence-electron chi connectivity index (χ3n) is 6.78. The molecule has 1 heterocycles. The smallest absolute Gasteiger partial charge is 0.335 e.